The van der Waals surface area contributed by atoms with Gasteiger partial charge in [0.25, 0.3) is 0 Å². The molecule has 1 aliphatic heterocycles. The standard InChI is InChI=1S/C12H14O7.Mg.2H/c13-8-9(14)12(18,5-19-11(8)17)7-3-1-6(2-4-7)10(15)16;;;/h1-4,8-9,11,13-14,17-18H,5H2,(H,15,16);;;/q;+2;2*-1/t8-,9-,11+,12+;;;/m1.../s1. The van der Waals surface area contributed by atoms with Gasteiger partial charge in [-0.15, -0.1) is 0 Å². The number of benzene rings is 1. The molecule has 0 aromatic heterocycles. The summed E-state index contributed by atoms with van der Waals surface area (Å²) in [6.07, 6.45) is -4.88. The molecule has 20 heavy (non-hydrogen) atoms. The fraction of sp³-hybridized carbons (Fsp3) is 0.417. The summed E-state index contributed by atoms with van der Waals surface area (Å²) in [4.78, 5) is 10.7. The number of hydrogen-bond acceptors (Lipinski definition) is 6. The van der Waals surface area contributed by atoms with E-state index in [1.807, 2.05) is 0 Å². The maximum absolute atomic E-state index is 10.7. The Balaban J connectivity index is 0. The summed E-state index contributed by atoms with van der Waals surface area (Å²) >= 11 is 0. The molecule has 0 amide bonds. The number of aromatic carboxylic acids is 1. The molecule has 0 spiro atoms. The molecule has 4 atom stereocenters. The van der Waals surface area contributed by atoms with E-state index >= 15 is 0 Å². The topological polar surface area (TPSA) is 127 Å². The minimum atomic E-state index is -1.91. The van der Waals surface area contributed by atoms with Gasteiger partial charge in [0, 0.05) is 0 Å². The van der Waals surface area contributed by atoms with Crippen LogP contribution in [0.5, 0.6) is 0 Å². The third-order valence-electron chi connectivity index (χ3n) is 3.21. The number of ether oxygens (including phenoxy) is 1. The van der Waals surface area contributed by atoms with Crippen LogP contribution in [0.15, 0.2) is 24.3 Å². The van der Waals surface area contributed by atoms with Crippen molar-refractivity contribution in [1.82, 2.24) is 0 Å². The van der Waals surface area contributed by atoms with Gasteiger partial charge in [0.2, 0.25) is 0 Å². The van der Waals surface area contributed by atoms with Gasteiger partial charge < -0.3 is 33.1 Å². The quantitative estimate of drug-likeness (QED) is 0.420. The van der Waals surface area contributed by atoms with Crippen molar-refractivity contribution in [1.29, 1.82) is 0 Å². The molecule has 1 aromatic carbocycles. The fourth-order valence-electron chi connectivity index (χ4n) is 1.99. The molecular weight excluding hydrogens is 280 g/mol. The average Bonchev–Trinajstić information content (AvgIpc) is 2.41. The van der Waals surface area contributed by atoms with Crippen LogP contribution in [0, 0.1) is 0 Å². The SMILES string of the molecule is O=C(O)c1ccc([C@@]2(O)CO[C@H](O)[C@H](O)[C@H]2O)cc1.[H-].[H-].[Mg+2]. The van der Waals surface area contributed by atoms with Crippen LogP contribution in [0.4, 0.5) is 0 Å². The Morgan fingerprint density at radius 3 is 2.30 bits per heavy atom. The minimum absolute atomic E-state index is 0. The van der Waals surface area contributed by atoms with E-state index in [1.165, 1.54) is 24.3 Å². The Morgan fingerprint density at radius 1 is 1.25 bits per heavy atom. The predicted octanol–water partition coefficient (Wildman–Crippen LogP) is -1.51. The molecule has 7 nitrogen and oxygen atoms in total. The maximum Gasteiger partial charge on any atom is 2.00 e. The molecule has 0 bridgehead atoms. The van der Waals surface area contributed by atoms with Gasteiger partial charge >= 0.3 is 29.0 Å². The van der Waals surface area contributed by atoms with Crippen molar-refractivity contribution >= 4 is 29.0 Å². The molecule has 1 heterocycles. The summed E-state index contributed by atoms with van der Waals surface area (Å²) in [6, 6.07) is 5.17. The zero-order chi connectivity index (χ0) is 14.2. The van der Waals surface area contributed by atoms with Gasteiger partial charge in [-0.3, -0.25) is 0 Å². The van der Waals surface area contributed by atoms with E-state index < -0.39 is 36.7 Å². The van der Waals surface area contributed by atoms with Crippen LogP contribution < -0.4 is 0 Å². The van der Waals surface area contributed by atoms with E-state index in [-0.39, 0.29) is 37.0 Å². The maximum atomic E-state index is 10.7. The van der Waals surface area contributed by atoms with Crippen molar-refractivity contribution in [3.8, 4) is 0 Å². The predicted molar refractivity (Wildman–Crippen MR) is 69.2 cm³/mol. The normalized spacial score (nSPS) is 33.3. The van der Waals surface area contributed by atoms with Gasteiger partial charge in [-0.1, -0.05) is 12.1 Å². The first kappa shape index (κ1) is 17.3. The van der Waals surface area contributed by atoms with E-state index in [4.69, 9.17) is 9.84 Å². The average molecular weight is 297 g/mol. The second kappa shape index (κ2) is 6.35. The number of aliphatic hydroxyl groups is 4. The summed E-state index contributed by atoms with van der Waals surface area (Å²) in [5.74, 6) is -1.12. The van der Waals surface area contributed by atoms with Crippen LogP contribution in [-0.2, 0) is 10.3 Å². The van der Waals surface area contributed by atoms with Crippen molar-refractivity contribution in [2.24, 2.45) is 0 Å². The van der Waals surface area contributed by atoms with Crippen molar-refractivity contribution in [2.45, 2.75) is 24.1 Å². The van der Waals surface area contributed by atoms with E-state index in [9.17, 15) is 25.2 Å². The molecule has 5 N–H and O–H groups in total. The fourth-order valence-corrected chi connectivity index (χ4v) is 1.99. The molecule has 8 heteroatoms. The zero-order valence-electron chi connectivity index (χ0n) is 12.5. The smallest absolute Gasteiger partial charge is 1.00 e. The molecular formula is C12H16MgO7. The zero-order valence-corrected chi connectivity index (χ0v) is 11.9. The van der Waals surface area contributed by atoms with Crippen LogP contribution in [0.1, 0.15) is 18.8 Å². The van der Waals surface area contributed by atoms with Crippen LogP contribution in [0.3, 0.4) is 0 Å². The first-order chi connectivity index (χ1) is 8.86. The first-order valence-corrected chi connectivity index (χ1v) is 5.58. The van der Waals surface area contributed by atoms with Gasteiger partial charge in [0.15, 0.2) is 6.29 Å². The Kier molecular flexibility index (Phi) is 5.50. The minimum Gasteiger partial charge on any atom is -1.00 e. The summed E-state index contributed by atoms with van der Waals surface area (Å²) in [6.45, 7) is -0.418. The Labute approximate surface area is 133 Å². The number of carboxylic acids is 1. The third kappa shape index (κ3) is 2.96. The molecule has 0 radical (unpaired) electrons. The van der Waals surface area contributed by atoms with Gasteiger partial charge in [-0.25, -0.2) is 4.79 Å². The van der Waals surface area contributed by atoms with E-state index in [1.54, 1.807) is 0 Å². The second-order valence-corrected chi connectivity index (χ2v) is 4.44. The number of carbonyl (C=O) groups is 1. The molecule has 1 aromatic rings. The summed E-state index contributed by atoms with van der Waals surface area (Å²) < 4.78 is 4.79. The molecule has 1 saturated heterocycles. The van der Waals surface area contributed by atoms with Crippen LogP contribution in [0.25, 0.3) is 0 Å². The van der Waals surface area contributed by atoms with Crippen molar-refractivity contribution in [2.75, 3.05) is 6.61 Å². The number of aliphatic hydroxyl groups excluding tert-OH is 3. The van der Waals surface area contributed by atoms with Crippen molar-refractivity contribution < 1.29 is 37.9 Å². The molecule has 0 saturated carbocycles. The Bertz CT molecular complexity index is 487. The van der Waals surface area contributed by atoms with Crippen molar-refractivity contribution in [3.05, 3.63) is 35.4 Å². The molecule has 0 unspecified atom stereocenters. The molecule has 108 valence electrons. The van der Waals surface area contributed by atoms with Gasteiger partial charge in [0.05, 0.1) is 12.2 Å². The van der Waals surface area contributed by atoms with E-state index in [0.717, 1.165) is 0 Å². The summed E-state index contributed by atoms with van der Waals surface area (Å²) in [5.41, 5.74) is -1.69. The molecule has 1 aliphatic rings. The van der Waals surface area contributed by atoms with Crippen LogP contribution >= 0.6 is 0 Å². The van der Waals surface area contributed by atoms with Crippen LogP contribution in [0.2, 0.25) is 0 Å². The number of rotatable bonds is 2. The second-order valence-electron chi connectivity index (χ2n) is 4.44. The summed E-state index contributed by atoms with van der Waals surface area (Å²) in [5, 5.41) is 47.7. The monoisotopic (exact) mass is 296 g/mol. The third-order valence-corrected chi connectivity index (χ3v) is 3.21. The number of hydrogen-bond donors (Lipinski definition) is 5. The first-order valence-electron chi connectivity index (χ1n) is 5.58. The van der Waals surface area contributed by atoms with E-state index in [2.05, 4.69) is 0 Å². The molecule has 2 rings (SSSR count). The number of carboxylic acid groups (broad SMARTS) is 1. The largest absolute Gasteiger partial charge is 2.00 e. The Hall–Kier alpha value is -0.744. The molecule has 1 fully saturated rings. The van der Waals surface area contributed by atoms with Gasteiger partial charge in [-0.2, -0.15) is 0 Å². The molecule has 0 aliphatic carbocycles. The Morgan fingerprint density at radius 2 is 1.80 bits per heavy atom. The van der Waals surface area contributed by atoms with Crippen molar-refractivity contribution in [3.63, 3.8) is 0 Å². The van der Waals surface area contributed by atoms with Gasteiger partial charge in [-0.05, 0) is 17.7 Å². The summed E-state index contributed by atoms with van der Waals surface area (Å²) in [7, 11) is 0. The van der Waals surface area contributed by atoms with Gasteiger partial charge in [0.1, 0.15) is 17.8 Å². The van der Waals surface area contributed by atoms with Crippen LogP contribution in [-0.4, -0.2) is 79.7 Å². The van der Waals surface area contributed by atoms with E-state index in [0.29, 0.717) is 0 Å².